The Labute approximate surface area is 485 Å². The summed E-state index contributed by atoms with van der Waals surface area (Å²) in [6.07, 6.45) is 4.76. The summed E-state index contributed by atoms with van der Waals surface area (Å²) >= 11 is 2.75. The Morgan fingerprint density at radius 1 is 0.585 bits per heavy atom. The quantitative estimate of drug-likeness (QED) is 0.0389. The second-order valence-electron chi connectivity index (χ2n) is 20.4. The number of hydrogen-bond acceptors (Lipinski definition) is 16. The van der Waals surface area contributed by atoms with Crippen LogP contribution in [-0.2, 0) is 70.4 Å². The number of carbonyl (C=O) groups excluding carboxylic acids is 9. The van der Waals surface area contributed by atoms with E-state index in [0.717, 1.165) is 0 Å². The molecule has 82 heavy (non-hydrogen) atoms. The number of amides is 9. The molecule has 0 bridgehead atoms. The average molecular weight is 1190 g/mol. The molecule has 0 aliphatic carbocycles. The summed E-state index contributed by atoms with van der Waals surface area (Å²) in [6.45, 7) is 9.53. The SMILES string of the molecule is CC[C@H](C)[C@H](NC(=O)[C@H](CC(=O)O)NC(=O)[C@H](Cc1cnc[nH]1)NC(=O)[C@H](CCSC)NC(=O)[C@@H](N)CCC(=O)O)C(=O)N[C@@H](Cc1ccccc1)C(=O)N[C@H](C(=O)NCC(=O)N[C@@H](CC(C)C)C(=O)N[C@@H](CCSC)C(=O)O)C(C)C. The topological polar surface area (TPSA) is 428 Å². The molecule has 0 fully saturated rings. The molecule has 1 aromatic heterocycles. The molecule has 0 spiro atoms. The Kier molecular flexibility index (Phi) is 31.9. The van der Waals surface area contributed by atoms with Crippen LogP contribution in [0.4, 0.5) is 0 Å². The van der Waals surface area contributed by atoms with Crippen LogP contribution < -0.4 is 53.6 Å². The molecule has 0 aliphatic heterocycles. The minimum Gasteiger partial charge on any atom is -0.481 e. The second-order valence-corrected chi connectivity index (χ2v) is 22.4. The summed E-state index contributed by atoms with van der Waals surface area (Å²) in [7, 11) is 0. The van der Waals surface area contributed by atoms with Crippen LogP contribution in [0.15, 0.2) is 42.9 Å². The predicted octanol–water partition coefficient (Wildman–Crippen LogP) is -0.805. The molecule has 29 heteroatoms. The van der Waals surface area contributed by atoms with Gasteiger partial charge in [-0.1, -0.05) is 78.3 Å². The van der Waals surface area contributed by atoms with Gasteiger partial charge in [-0.15, -0.1) is 0 Å². The number of carbonyl (C=O) groups is 12. The molecule has 2 aromatic rings. The number of aromatic nitrogens is 2. The third-order valence-corrected chi connectivity index (χ3v) is 14.1. The minimum atomic E-state index is -1.86. The van der Waals surface area contributed by atoms with Crippen LogP contribution >= 0.6 is 23.5 Å². The molecule has 9 amide bonds. The lowest BCUT2D eigenvalue weighted by molar-refractivity contribution is -0.142. The van der Waals surface area contributed by atoms with Gasteiger partial charge in [-0.2, -0.15) is 23.5 Å². The molecule has 1 heterocycles. The largest absolute Gasteiger partial charge is 0.481 e. The van der Waals surface area contributed by atoms with Gasteiger partial charge in [0.15, 0.2) is 0 Å². The monoisotopic (exact) mass is 1190 g/mol. The first-order chi connectivity index (χ1) is 38.7. The maximum Gasteiger partial charge on any atom is 0.326 e. The highest BCUT2D eigenvalue weighted by atomic mass is 32.2. The van der Waals surface area contributed by atoms with Crippen LogP contribution in [0.25, 0.3) is 0 Å². The van der Waals surface area contributed by atoms with Gasteiger partial charge in [0.2, 0.25) is 53.2 Å². The first kappa shape index (κ1) is 70.8. The number of rotatable bonds is 39. The molecular weight excluding hydrogens is 1110 g/mol. The van der Waals surface area contributed by atoms with Gasteiger partial charge < -0.3 is 73.9 Å². The summed E-state index contributed by atoms with van der Waals surface area (Å²) in [5.74, 6) is -12.4. The van der Waals surface area contributed by atoms with Gasteiger partial charge in [-0.25, -0.2) is 9.78 Å². The zero-order chi connectivity index (χ0) is 61.6. The van der Waals surface area contributed by atoms with E-state index in [1.807, 2.05) is 0 Å². The van der Waals surface area contributed by atoms with Crippen molar-refractivity contribution in [1.29, 1.82) is 0 Å². The average Bonchev–Trinajstić information content (AvgIpc) is 3.97. The lowest BCUT2D eigenvalue weighted by Crippen LogP contribution is -2.62. The standard InChI is InChI=1S/C53H82N12O15S2/c1-9-30(6)44(65-50(76)39(24-42(69)70)62-48(74)38(23-32-25-55-27-57-32)61-46(72)34(17-19-81-7)59-45(71)33(54)15-16-41(67)68)52(78)63-37(22-31-13-11-10-12-14-31)49(75)64-43(29(4)5)51(77)56-26-40(66)58-36(21-28(2)3)47(73)60-35(53(79)80)18-20-82-8/h10-14,25,27-30,33-39,43-44H,9,15-24,26,54H2,1-8H3,(H,55,57)(H,56,77)(H,58,66)(H,59,71)(H,60,73)(H,61,72)(H,62,74)(H,63,78)(H,64,75)(H,65,76)(H,67,68)(H,69,70)(H,79,80)/t30-,33-,34-,35-,36-,37-,38-,39-,43-,44-/m0/s1. The molecule has 0 unspecified atom stereocenters. The third-order valence-electron chi connectivity index (χ3n) is 12.8. The van der Waals surface area contributed by atoms with Crippen LogP contribution in [-0.4, -0.2) is 181 Å². The maximum atomic E-state index is 14.4. The van der Waals surface area contributed by atoms with E-state index in [1.54, 1.807) is 84.4 Å². The van der Waals surface area contributed by atoms with Crippen molar-refractivity contribution in [3.8, 4) is 0 Å². The summed E-state index contributed by atoms with van der Waals surface area (Å²) in [4.78, 5) is 166. The summed E-state index contributed by atoms with van der Waals surface area (Å²) in [5.41, 5.74) is 6.80. The van der Waals surface area contributed by atoms with Gasteiger partial charge in [0, 0.05) is 31.2 Å². The molecule has 0 saturated heterocycles. The van der Waals surface area contributed by atoms with Gasteiger partial charge in [0.25, 0.3) is 0 Å². The lowest BCUT2D eigenvalue weighted by atomic mass is 9.96. The predicted molar refractivity (Wildman–Crippen MR) is 305 cm³/mol. The van der Waals surface area contributed by atoms with Crippen molar-refractivity contribution in [3.63, 3.8) is 0 Å². The van der Waals surface area contributed by atoms with E-state index in [1.165, 1.54) is 36.0 Å². The number of imidazole rings is 1. The number of aliphatic carboxylic acids is 3. The molecule has 456 valence electrons. The Hall–Kier alpha value is -7.27. The number of H-pyrrole nitrogens is 1. The number of nitrogens with two attached hydrogens (primary N) is 1. The highest BCUT2D eigenvalue weighted by Crippen LogP contribution is 2.14. The normalized spacial score (nSPS) is 14.8. The first-order valence-corrected chi connectivity index (χ1v) is 29.6. The fraction of sp³-hybridized carbons (Fsp3) is 0.604. The lowest BCUT2D eigenvalue weighted by Gasteiger charge is -2.30. The van der Waals surface area contributed by atoms with E-state index in [9.17, 15) is 67.7 Å². The van der Waals surface area contributed by atoms with Crippen LogP contribution in [0.3, 0.4) is 0 Å². The molecule has 2 rings (SSSR count). The number of carboxylic acids is 3. The Bertz CT molecular complexity index is 2450. The van der Waals surface area contributed by atoms with E-state index in [-0.39, 0.29) is 50.9 Å². The second kappa shape index (κ2) is 37.0. The molecular formula is C53H82N12O15S2. The maximum absolute atomic E-state index is 14.4. The number of thioether (sulfide) groups is 2. The van der Waals surface area contributed by atoms with Gasteiger partial charge in [0.1, 0.15) is 48.3 Å². The summed E-state index contributed by atoms with van der Waals surface area (Å²) < 4.78 is 0. The summed E-state index contributed by atoms with van der Waals surface area (Å²) in [5, 5.41) is 51.5. The van der Waals surface area contributed by atoms with Crippen LogP contribution in [0.1, 0.15) is 97.7 Å². The van der Waals surface area contributed by atoms with Crippen molar-refractivity contribution in [1.82, 2.24) is 57.8 Å². The molecule has 27 nitrogen and oxygen atoms in total. The molecule has 0 aliphatic rings. The van der Waals surface area contributed by atoms with Crippen molar-refractivity contribution in [3.05, 3.63) is 54.1 Å². The fourth-order valence-electron chi connectivity index (χ4n) is 8.00. The Balaban J connectivity index is 2.40. The van der Waals surface area contributed by atoms with Crippen LogP contribution in [0.2, 0.25) is 0 Å². The molecule has 15 N–H and O–H groups in total. The minimum absolute atomic E-state index is 0.0516. The number of nitrogens with zero attached hydrogens (tertiary/aromatic N) is 1. The molecule has 1 aromatic carbocycles. The van der Waals surface area contributed by atoms with Crippen LogP contribution in [0.5, 0.6) is 0 Å². The van der Waals surface area contributed by atoms with Crippen molar-refractivity contribution in [2.75, 3.05) is 30.6 Å². The molecule has 10 atom stereocenters. The number of benzene rings is 1. The number of carboxylic acid groups (broad SMARTS) is 3. The van der Waals surface area contributed by atoms with Gasteiger partial charge in [-0.3, -0.25) is 52.7 Å². The van der Waals surface area contributed by atoms with Crippen molar-refractivity contribution >= 4 is 94.6 Å². The zero-order valence-electron chi connectivity index (χ0n) is 47.5. The highest BCUT2D eigenvalue weighted by Gasteiger charge is 2.37. The van der Waals surface area contributed by atoms with Crippen molar-refractivity contribution in [2.45, 2.75) is 154 Å². The van der Waals surface area contributed by atoms with Crippen LogP contribution in [0, 0.1) is 17.8 Å². The van der Waals surface area contributed by atoms with Crippen molar-refractivity contribution in [2.24, 2.45) is 23.5 Å². The van der Waals surface area contributed by atoms with E-state index >= 15 is 0 Å². The number of nitrogens with one attached hydrogen (secondary N) is 10. The Morgan fingerprint density at radius 3 is 1.66 bits per heavy atom. The number of aromatic amines is 1. The molecule has 0 saturated carbocycles. The highest BCUT2D eigenvalue weighted by molar-refractivity contribution is 7.98. The summed E-state index contributed by atoms with van der Waals surface area (Å²) in [6, 6.07) is -3.95. The number of hydrogen-bond donors (Lipinski definition) is 14. The van der Waals surface area contributed by atoms with Gasteiger partial charge in [-0.05, 0) is 73.0 Å². The first-order valence-electron chi connectivity index (χ1n) is 26.8. The van der Waals surface area contributed by atoms with E-state index in [2.05, 4.69) is 57.8 Å². The fourth-order valence-corrected chi connectivity index (χ4v) is 8.95. The van der Waals surface area contributed by atoms with E-state index in [4.69, 9.17) is 10.8 Å². The van der Waals surface area contributed by atoms with E-state index in [0.29, 0.717) is 22.8 Å². The van der Waals surface area contributed by atoms with E-state index < -0.39 is 157 Å². The Morgan fingerprint density at radius 2 is 1.11 bits per heavy atom. The third kappa shape index (κ3) is 26.1. The molecule has 0 radical (unpaired) electrons. The van der Waals surface area contributed by atoms with Crippen molar-refractivity contribution < 1.29 is 72.9 Å². The van der Waals surface area contributed by atoms with Gasteiger partial charge in [0.05, 0.1) is 25.3 Å². The van der Waals surface area contributed by atoms with Gasteiger partial charge >= 0.3 is 17.9 Å². The smallest absolute Gasteiger partial charge is 0.326 e. The zero-order valence-corrected chi connectivity index (χ0v) is 49.2.